The quantitative estimate of drug-likeness (QED) is 0.618. The molecule has 0 spiro atoms. The van der Waals surface area contributed by atoms with Gasteiger partial charge in [-0.25, -0.2) is 0 Å². The van der Waals surface area contributed by atoms with E-state index in [1.54, 1.807) is 6.08 Å². The zero-order valence-corrected chi connectivity index (χ0v) is 15.0. The van der Waals surface area contributed by atoms with Gasteiger partial charge in [-0.15, -0.1) is 0 Å². The Morgan fingerprint density at radius 1 is 1.04 bits per heavy atom. The lowest BCUT2D eigenvalue weighted by atomic mass is 9.82. The maximum atomic E-state index is 3.76. The summed E-state index contributed by atoms with van der Waals surface area (Å²) in [7, 11) is 2.11. The molecule has 24 heavy (non-hydrogen) atoms. The molecule has 2 aromatic rings. The topological polar surface area (TPSA) is 3.24 Å². The smallest absolute Gasteiger partial charge is 0.0411 e. The summed E-state index contributed by atoms with van der Waals surface area (Å²) in [6, 6.07) is 15.6. The second-order valence-electron chi connectivity index (χ2n) is 6.77. The van der Waals surface area contributed by atoms with E-state index in [1.165, 1.54) is 27.9 Å². The Labute approximate surface area is 145 Å². The Hall–Kier alpha value is -2.54. The standard InChI is InChI=1S/C23H25N/c1-6-8-11-17(7-2)24(5)18-14-15-20-19-12-9-10-13-21(19)23(3,4)22(20)16-18/h6-16H,1H2,2-5H3/b11-8-,17-7+. The second kappa shape index (κ2) is 6.16. The number of fused-ring (bicyclic) bond motifs is 3. The molecule has 0 N–H and O–H groups in total. The summed E-state index contributed by atoms with van der Waals surface area (Å²) in [5.41, 5.74) is 7.94. The van der Waals surface area contributed by atoms with Crippen LogP contribution >= 0.6 is 0 Å². The molecule has 0 radical (unpaired) electrons. The van der Waals surface area contributed by atoms with Crippen LogP contribution in [0.5, 0.6) is 0 Å². The van der Waals surface area contributed by atoms with Crippen LogP contribution in [0.3, 0.4) is 0 Å². The SMILES string of the molecule is C=C/C=C\C(=C/C)N(C)c1ccc2c(c1)C(C)(C)c1ccccc1-2. The highest BCUT2D eigenvalue weighted by Crippen LogP contribution is 2.49. The number of benzene rings is 2. The van der Waals surface area contributed by atoms with E-state index in [9.17, 15) is 0 Å². The van der Waals surface area contributed by atoms with Crippen LogP contribution in [0.2, 0.25) is 0 Å². The van der Waals surface area contributed by atoms with Gasteiger partial charge in [-0.2, -0.15) is 0 Å². The van der Waals surface area contributed by atoms with Crippen molar-refractivity contribution in [3.05, 3.63) is 90.2 Å². The van der Waals surface area contributed by atoms with Gasteiger partial charge in [0, 0.05) is 23.8 Å². The van der Waals surface area contributed by atoms with Gasteiger partial charge in [-0.1, -0.05) is 69.0 Å². The average molecular weight is 315 g/mol. The molecule has 1 aliphatic rings. The number of anilines is 1. The lowest BCUT2D eigenvalue weighted by Crippen LogP contribution is -2.18. The first-order chi connectivity index (χ1) is 11.5. The molecule has 0 saturated heterocycles. The zero-order valence-electron chi connectivity index (χ0n) is 15.0. The summed E-state index contributed by atoms with van der Waals surface area (Å²) in [5.74, 6) is 0. The molecule has 0 saturated carbocycles. The monoisotopic (exact) mass is 315 g/mol. The van der Waals surface area contributed by atoms with E-state index >= 15 is 0 Å². The number of hydrogen-bond acceptors (Lipinski definition) is 1. The molecule has 1 aliphatic carbocycles. The number of nitrogens with zero attached hydrogens (tertiary/aromatic N) is 1. The van der Waals surface area contributed by atoms with E-state index in [4.69, 9.17) is 0 Å². The molecule has 122 valence electrons. The fourth-order valence-corrected chi connectivity index (χ4v) is 3.62. The molecule has 3 rings (SSSR count). The summed E-state index contributed by atoms with van der Waals surface area (Å²) in [6.45, 7) is 10.4. The Bertz CT molecular complexity index is 837. The van der Waals surface area contributed by atoms with E-state index in [0.29, 0.717) is 0 Å². The maximum absolute atomic E-state index is 3.76. The zero-order chi connectivity index (χ0) is 17.3. The minimum absolute atomic E-state index is 0.0375. The van der Waals surface area contributed by atoms with Gasteiger partial charge < -0.3 is 4.90 Å². The first kappa shape index (κ1) is 16.3. The van der Waals surface area contributed by atoms with Crippen molar-refractivity contribution in [2.45, 2.75) is 26.2 Å². The number of hydrogen-bond donors (Lipinski definition) is 0. The number of allylic oxidation sites excluding steroid dienone is 4. The third kappa shape index (κ3) is 2.50. The molecule has 0 heterocycles. The van der Waals surface area contributed by atoms with Crippen molar-refractivity contribution in [2.75, 3.05) is 11.9 Å². The van der Waals surface area contributed by atoms with Gasteiger partial charge in [0.2, 0.25) is 0 Å². The molecular weight excluding hydrogens is 290 g/mol. The van der Waals surface area contributed by atoms with E-state index in [0.717, 1.165) is 5.70 Å². The second-order valence-corrected chi connectivity index (χ2v) is 6.77. The largest absolute Gasteiger partial charge is 0.345 e. The molecule has 0 atom stereocenters. The average Bonchev–Trinajstić information content (AvgIpc) is 2.83. The Morgan fingerprint density at radius 3 is 2.46 bits per heavy atom. The lowest BCUT2D eigenvalue weighted by molar-refractivity contribution is 0.660. The van der Waals surface area contributed by atoms with Crippen molar-refractivity contribution in [1.82, 2.24) is 0 Å². The fraction of sp³-hybridized carbons (Fsp3) is 0.217. The lowest BCUT2D eigenvalue weighted by Gasteiger charge is -2.25. The molecule has 0 aromatic heterocycles. The van der Waals surface area contributed by atoms with Crippen molar-refractivity contribution >= 4 is 5.69 Å². The van der Waals surface area contributed by atoms with Crippen LogP contribution in [0.1, 0.15) is 31.9 Å². The van der Waals surface area contributed by atoms with Crippen molar-refractivity contribution in [2.24, 2.45) is 0 Å². The van der Waals surface area contributed by atoms with Crippen LogP contribution in [-0.2, 0) is 5.41 Å². The van der Waals surface area contributed by atoms with Crippen molar-refractivity contribution in [3.8, 4) is 11.1 Å². The summed E-state index contributed by atoms with van der Waals surface area (Å²) in [5, 5.41) is 0. The van der Waals surface area contributed by atoms with Crippen LogP contribution in [0, 0.1) is 0 Å². The third-order valence-corrected chi connectivity index (χ3v) is 5.04. The highest BCUT2D eigenvalue weighted by molar-refractivity contribution is 5.82. The van der Waals surface area contributed by atoms with Gasteiger partial charge >= 0.3 is 0 Å². The van der Waals surface area contributed by atoms with E-state index in [-0.39, 0.29) is 5.41 Å². The van der Waals surface area contributed by atoms with E-state index < -0.39 is 0 Å². The van der Waals surface area contributed by atoms with Gasteiger partial charge in [-0.3, -0.25) is 0 Å². The molecule has 1 nitrogen and oxygen atoms in total. The van der Waals surface area contributed by atoms with Gasteiger partial charge in [-0.05, 0) is 47.4 Å². The molecule has 0 fully saturated rings. The van der Waals surface area contributed by atoms with Gasteiger partial charge in [0.25, 0.3) is 0 Å². The minimum atomic E-state index is 0.0375. The molecular formula is C23H25N. The minimum Gasteiger partial charge on any atom is -0.345 e. The molecule has 0 amide bonds. The van der Waals surface area contributed by atoms with Crippen LogP contribution in [0.25, 0.3) is 11.1 Å². The van der Waals surface area contributed by atoms with E-state index in [2.05, 4.69) is 93.9 Å². The normalized spacial score (nSPS) is 15.2. The van der Waals surface area contributed by atoms with Crippen LogP contribution in [0.15, 0.2) is 79.0 Å². The summed E-state index contributed by atoms with van der Waals surface area (Å²) < 4.78 is 0. The Balaban J connectivity index is 2.06. The Kier molecular flexibility index (Phi) is 4.19. The number of rotatable bonds is 4. The highest BCUT2D eigenvalue weighted by Gasteiger charge is 2.35. The fourth-order valence-electron chi connectivity index (χ4n) is 3.62. The van der Waals surface area contributed by atoms with Gasteiger partial charge in [0.15, 0.2) is 0 Å². The first-order valence-electron chi connectivity index (χ1n) is 8.44. The Morgan fingerprint density at radius 2 is 1.75 bits per heavy atom. The summed E-state index contributed by atoms with van der Waals surface area (Å²) in [4.78, 5) is 2.22. The van der Waals surface area contributed by atoms with Crippen molar-refractivity contribution in [3.63, 3.8) is 0 Å². The van der Waals surface area contributed by atoms with Crippen molar-refractivity contribution in [1.29, 1.82) is 0 Å². The maximum Gasteiger partial charge on any atom is 0.0411 e. The third-order valence-electron chi connectivity index (χ3n) is 5.04. The van der Waals surface area contributed by atoms with Gasteiger partial charge in [0.05, 0.1) is 0 Å². The predicted octanol–water partition coefficient (Wildman–Crippen LogP) is 6.08. The van der Waals surface area contributed by atoms with Gasteiger partial charge in [0.1, 0.15) is 0 Å². The van der Waals surface area contributed by atoms with Crippen LogP contribution < -0.4 is 4.90 Å². The molecule has 0 aliphatic heterocycles. The van der Waals surface area contributed by atoms with Crippen LogP contribution in [0.4, 0.5) is 5.69 Å². The molecule has 2 aromatic carbocycles. The number of likely N-dealkylation sites (N-methyl/N-ethyl adjacent to an activating group) is 1. The molecule has 0 unspecified atom stereocenters. The first-order valence-corrected chi connectivity index (χ1v) is 8.44. The van der Waals surface area contributed by atoms with E-state index in [1.807, 2.05) is 6.08 Å². The summed E-state index contributed by atoms with van der Waals surface area (Å²) in [6.07, 6.45) is 7.98. The predicted molar refractivity (Wildman–Crippen MR) is 106 cm³/mol. The molecule has 1 heteroatoms. The van der Waals surface area contributed by atoms with Crippen molar-refractivity contribution < 1.29 is 0 Å². The summed E-state index contributed by atoms with van der Waals surface area (Å²) >= 11 is 0. The molecule has 0 bridgehead atoms. The van der Waals surface area contributed by atoms with Crippen LogP contribution in [-0.4, -0.2) is 7.05 Å². The highest BCUT2D eigenvalue weighted by atomic mass is 15.1.